The molecule has 2 aromatic rings. The molecule has 26 heavy (non-hydrogen) atoms. The van der Waals surface area contributed by atoms with Crippen LogP contribution in [0.25, 0.3) is 10.9 Å². The molecule has 2 N–H and O–H groups in total. The second-order valence-corrected chi connectivity index (χ2v) is 6.92. The van der Waals surface area contributed by atoms with Crippen molar-refractivity contribution in [2.24, 2.45) is 0 Å². The summed E-state index contributed by atoms with van der Waals surface area (Å²) in [5.41, 5.74) is 0.159. The summed E-state index contributed by atoms with van der Waals surface area (Å²) in [5.74, 6) is -0.0447. The standard InChI is InChI=1S/C18H22N4O3.ClH/c1-2-22-17(24)14-6-3-11(9-15(14)20-18(22)25)16(23)21-8-7-12-4-5-13(10-21)19-12;/h3,6,9,12-13,19H,2,4-5,7-8,10H2,1H3,(H,20,25);1H. The van der Waals surface area contributed by atoms with Crippen molar-refractivity contribution in [3.63, 3.8) is 0 Å². The number of H-pyrrole nitrogens is 1. The van der Waals surface area contributed by atoms with Gasteiger partial charge in [-0.2, -0.15) is 0 Å². The van der Waals surface area contributed by atoms with Gasteiger partial charge in [0.2, 0.25) is 0 Å². The highest BCUT2D eigenvalue weighted by molar-refractivity contribution is 5.97. The Bertz CT molecular complexity index is 952. The van der Waals surface area contributed by atoms with Crippen molar-refractivity contribution in [1.82, 2.24) is 19.8 Å². The molecule has 8 heteroatoms. The summed E-state index contributed by atoms with van der Waals surface area (Å²) in [6.45, 7) is 3.51. The second kappa shape index (κ2) is 7.25. The van der Waals surface area contributed by atoms with Crippen LogP contribution in [0.5, 0.6) is 0 Å². The number of fused-ring (bicyclic) bond motifs is 3. The van der Waals surface area contributed by atoms with Gasteiger partial charge in [0.25, 0.3) is 11.5 Å². The second-order valence-electron chi connectivity index (χ2n) is 6.92. The van der Waals surface area contributed by atoms with Gasteiger partial charge in [-0.05, 0) is 44.4 Å². The van der Waals surface area contributed by atoms with E-state index in [2.05, 4.69) is 10.3 Å². The topological polar surface area (TPSA) is 87.2 Å². The zero-order valence-electron chi connectivity index (χ0n) is 14.7. The van der Waals surface area contributed by atoms with E-state index in [-0.39, 0.29) is 23.9 Å². The van der Waals surface area contributed by atoms with Gasteiger partial charge in [0.05, 0.1) is 10.9 Å². The molecule has 2 atom stereocenters. The van der Waals surface area contributed by atoms with E-state index in [1.807, 2.05) is 4.90 Å². The Labute approximate surface area is 156 Å². The lowest BCUT2D eigenvalue weighted by Gasteiger charge is -2.24. The van der Waals surface area contributed by atoms with Gasteiger partial charge in [0.1, 0.15) is 0 Å². The lowest BCUT2D eigenvalue weighted by molar-refractivity contribution is 0.0748. The summed E-state index contributed by atoms with van der Waals surface area (Å²) < 4.78 is 1.15. The first-order chi connectivity index (χ1) is 12.1. The van der Waals surface area contributed by atoms with Crippen LogP contribution in [-0.4, -0.2) is 45.5 Å². The summed E-state index contributed by atoms with van der Waals surface area (Å²) in [5, 5.41) is 3.99. The molecule has 7 nitrogen and oxygen atoms in total. The van der Waals surface area contributed by atoms with Gasteiger partial charge in [0, 0.05) is 37.3 Å². The Balaban J connectivity index is 0.00000196. The lowest BCUT2D eigenvalue weighted by atomic mass is 10.1. The van der Waals surface area contributed by atoms with Crippen LogP contribution < -0.4 is 16.6 Å². The fourth-order valence-electron chi connectivity index (χ4n) is 3.98. The summed E-state index contributed by atoms with van der Waals surface area (Å²) in [6.07, 6.45) is 3.26. The van der Waals surface area contributed by atoms with Crippen LogP contribution in [0.15, 0.2) is 27.8 Å². The number of carbonyl (C=O) groups excluding carboxylic acids is 1. The van der Waals surface area contributed by atoms with Gasteiger partial charge in [-0.1, -0.05) is 0 Å². The summed E-state index contributed by atoms with van der Waals surface area (Å²) in [6, 6.07) is 5.82. The number of aromatic nitrogens is 2. The molecule has 0 saturated carbocycles. The Kier molecular flexibility index (Phi) is 5.20. The van der Waals surface area contributed by atoms with Gasteiger partial charge < -0.3 is 15.2 Å². The molecule has 3 heterocycles. The SMILES string of the molecule is CCn1c(=O)[nH]c2cc(C(=O)N3CCC4CCC(C3)N4)ccc2c1=O.Cl. The normalized spacial score (nSPS) is 22.1. The molecule has 1 amide bonds. The van der Waals surface area contributed by atoms with Gasteiger partial charge in [-0.25, -0.2) is 4.79 Å². The first kappa shape index (κ1) is 18.7. The monoisotopic (exact) mass is 378 g/mol. The number of aromatic amines is 1. The van der Waals surface area contributed by atoms with Crippen LogP contribution in [0.4, 0.5) is 0 Å². The number of likely N-dealkylation sites (tertiary alicyclic amines) is 1. The Hall–Kier alpha value is -2.12. The quantitative estimate of drug-likeness (QED) is 0.819. The Morgan fingerprint density at radius 2 is 1.96 bits per heavy atom. The Morgan fingerprint density at radius 3 is 2.73 bits per heavy atom. The number of amides is 1. The molecule has 2 fully saturated rings. The molecule has 2 bridgehead atoms. The number of rotatable bonds is 2. The summed E-state index contributed by atoms with van der Waals surface area (Å²) >= 11 is 0. The zero-order chi connectivity index (χ0) is 17.6. The molecule has 2 aliphatic heterocycles. The summed E-state index contributed by atoms with van der Waals surface area (Å²) in [7, 11) is 0. The molecular formula is C18H23ClN4O3. The molecule has 0 spiro atoms. The van der Waals surface area contributed by atoms with E-state index in [0.29, 0.717) is 41.6 Å². The third-order valence-electron chi connectivity index (χ3n) is 5.36. The van der Waals surface area contributed by atoms with Crippen molar-refractivity contribution in [1.29, 1.82) is 0 Å². The summed E-state index contributed by atoms with van der Waals surface area (Å²) in [4.78, 5) is 41.8. The fraction of sp³-hybridized carbons (Fsp3) is 0.500. The maximum absolute atomic E-state index is 12.9. The molecule has 140 valence electrons. The number of hydrogen-bond donors (Lipinski definition) is 2. The van der Waals surface area contributed by atoms with Crippen LogP contribution in [-0.2, 0) is 6.54 Å². The van der Waals surface area contributed by atoms with Crippen LogP contribution in [0.2, 0.25) is 0 Å². The minimum absolute atomic E-state index is 0. The molecule has 1 aromatic carbocycles. The molecular weight excluding hydrogens is 356 g/mol. The van der Waals surface area contributed by atoms with Crippen LogP contribution >= 0.6 is 12.4 Å². The van der Waals surface area contributed by atoms with Crippen molar-refractivity contribution in [3.8, 4) is 0 Å². The molecule has 2 saturated heterocycles. The minimum Gasteiger partial charge on any atom is -0.337 e. The van der Waals surface area contributed by atoms with Crippen LogP contribution in [0, 0.1) is 0 Å². The predicted octanol–water partition coefficient (Wildman–Crippen LogP) is 1.10. The maximum Gasteiger partial charge on any atom is 0.328 e. The average molecular weight is 379 g/mol. The highest BCUT2D eigenvalue weighted by Crippen LogP contribution is 2.22. The molecule has 0 aliphatic carbocycles. The Morgan fingerprint density at radius 1 is 1.19 bits per heavy atom. The first-order valence-electron chi connectivity index (χ1n) is 8.89. The van der Waals surface area contributed by atoms with Crippen LogP contribution in [0.1, 0.15) is 36.5 Å². The van der Waals surface area contributed by atoms with E-state index in [0.717, 1.165) is 24.0 Å². The highest BCUT2D eigenvalue weighted by atomic mass is 35.5. The van der Waals surface area contributed by atoms with E-state index in [9.17, 15) is 14.4 Å². The number of carbonyl (C=O) groups is 1. The smallest absolute Gasteiger partial charge is 0.328 e. The van der Waals surface area contributed by atoms with E-state index >= 15 is 0 Å². The van der Waals surface area contributed by atoms with Gasteiger partial charge in [-0.15, -0.1) is 12.4 Å². The zero-order valence-corrected chi connectivity index (χ0v) is 15.5. The van der Waals surface area contributed by atoms with Gasteiger partial charge in [0.15, 0.2) is 0 Å². The van der Waals surface area contributed by atoms with E-state index in [1.165, 1.54) is 6.42 Å². The highest BCUT2D eigenvalue weighted by Gasteiger charge is 2.31. The van der Waals surface area contributed by atoms with E-state index in [1.54, 1.807) is 25.1 Å². The molecule has 4 rings (SSSR count). The first-order valence-corrected chi connectivity index (χ1v) is 8.89. The van der Waals surface area contributed by atoms with Gasteiger partial charge >= 0.3 is 5.69 Å². The molecule has 2 aliphatic rings. The van der Waals surface area contributed by atoms with E-state index in [4.69, 9.17) is 0 Å². The van der Waals surface area contributed by atoms with Crippen molar-refractivity contribution >= 4 is 29.2 Å². The van der Waals surface area contributed by atoms with Crippen molar-refractivity contribution < 1.29 is 4.79 Å². The molecule has 1 aromatic heterocycles. The minimum atomic E-state index is -0.444. The number of nitrogens with zero attached hydrogens (tertiary/aromatic N) is 2. The number of nitrogens with one attached hydrogen (secondary N) is 2. The van der Waals surface area contributed by atoms with E-state index < -0.39 is 5.69 Å². The predicted molar refractivity (Wildman–Crippen MR) is 102 cm³/mol. The van der Waals surface area contributed by atoms with Crippen molar-refractivity contribution in [3.05, 3.63) is 44.6 Å². The van der Waals surface area contributed by atoms with Crippen molar-refractivity contribution in [2.45, 2.75) is 44.8 Å². The largest absolute Gasteiger partial charge is 0.337 e. The van der Waals surface area contributed by atoms with Crippen LogP contribution in [0.3, 0.4) is 0 Å². The number of hydrogen-bond acceptors (Lipinski definition) is 4. The number of halogens is 1. The lowest BCUT2D eigenvalue weighted by Crippen LogP contribution is -2.39. The average Bonchev–Trinajstić information content (AvgIpc) is 2.93. The molecule has 0 radical (unpaired) electrons. The van der Waals surface area contributed by atoms with Crippen molar-refractivity contribution in [2.75, 3.05) is 13.1 Å². The number of benzene rings is 1. The maximum atomic E-state index is 12.9. The van der Waals surface area contributed by atoms with Gasteiger partial charge in [-0.3, -0.25) is 14.2 Å². The third-order valence-corrected chi connectivity index (χ3v) is 5.36. The fourth-order valence-corrected chi connectivity index (χ4v) is 3.98. The molecule has 2 unspecified atom stereocenters. The third kappa shape index (κ3) is 3.17.